The number of sulfonamides is 1. The summed E-state index contributed by atoms with van der Waals surface area (Å²) in [5.74, 6) is 0.542. The summed E-state index contributed by atoms with van der Waals surface area (Å²) in [6, 6.07) is 4.81. The molecule has 1 heterocycles. The second kappa shape index (κ2) is 8.02. The van der Waals surface area contributed by atoms with Crippen molar-refractivity contribution in [3.05, 3.63) is 34.4 Å². The first-order valence-electron chi connectivity index (χ1n) is 7.86. The number of nitro groups is 1. The van der Waals surface area contributed by atoms with Crippen molar-refractivity contribution in [3.8, 4) is 0 Å². The first kappa shape index (κ1) is 18.8. The Morgan fingerprint density at radius 1 is 1.38 bits per heavy atom. The quantitative estimate of drug-likeness (QED) is 0.582. The lowest BCUT2D eigenvalue weighted by atomic mass is 10.2. The molecular weight excluding hydrogens is 334 g/mol. The smallest absolute Gasteiger partial charge is 0.269 e. The number of ether oxygens (including phenoxy) is 1. The van der Waals surface area contributed by atoms with Crippen LogP contribution >= 0.6 is 0 Å². The Morgan fingerprint density at radius 3 is 2.62 bits per heavy atom. The third-order valence-electron chi connectivity index (χ3n) is 3.71. The van der Waals surface area contributed by atoms with Gasteiger partial charge < -0.3 is 4.74 Å². The molecule has 1 atom stereocenters. The second-order valence-corrected chi connectivity index (χ2v) is 8.02. The SMILES string of the molecule is CC(C)CN1CCOC(CNS(=O)(=O)c2ccc([N+](=O)[O-])cc2)C1. The number of nitrogens with zero attached hydrogens (tertiary/aromatic N) is 2. The van der Waals surface area contributed by atoms with E-state index in [1.54, 1.807) is 0 Å². The molecule has 8 nitrogen and oxygen atoms in total. The van der Waals surface area contributed by atoms with Gasteiger partial charge in [-0.2, -0.15) is 0 Å². The van der Waals surface area contributed by atoms with E-state index in [0.717, 1.165) is 13.1 Å². The lowest BCUT2D eigenvalue weighted by Gasteiger charge is -2.33. The second-order valence-electron chi connectivity index (χ2n) is 6.25. The van der Waals surface area contributed by atoms with Crippen molar-refractivity contribution in [2.45, 2.75) is 24.8 Å². The first-order chi connectivity index (χ1) is 11.3. The Hall–Kier alpha value is -1.55. The van der Waals surface area contributed by atoms with E-state index in [9.17, 15) is 18.5 Å². The summed E-state index contributed by atoms with van der Waals surface area (Å²) < 4.78 is 32.7. The minimum absolute atomic E-state index is 0.00273. The van der Waals surface area contributed by atoms with Gasteiger partial charge in [-0.1, -0.05) is 13.8 Å². The van der Waals surface area contributed by atoms with Crippen LogP contribution in [0.4, 0.5) is 5.69 Å². The number of nitro benzene ring substituents is 1. The van der Waals surface area contributed by atoms with E-state index in [-0.39, 0.29) is 23.2 Å². The molecule has 1 aromatic rings. The van der Waals surface area contributed by atoms with Gasteiger partial charge in [0, 0.05) is 38.3 Å². The fourth-order valence-electron chi connectivity index (χ4n) is 2.62. The molecule has 2 rings (SSSR count). The molecule has 1 aromatic carbocycles. The summed E-state index contributed by atoms with van der Waals surface area (Å²) in [7, 11) is -3.71. The Morgan fingerprint density at radius 2 is 2.04 bits per heavy atom. The zero-order valence-corrected chi connectivity index (χ0v) is 14.7. The number of benzene rings is 1. The molecule has 0 spiro atoms. The van der Waals surface area contributed by atoms with Crippen LogP contribution < -0.4 is 4.72 Å². The molecule has 1 N–H and O–H groups in total. The molecule has 1 aliphatic heterocycles. The molecule has 1 unspecified atom stereocenters. The van der Waals surface area contributed by atoms with E-state index in [4.69, 9.17) is 4.74 Å². The van der Waals surface area contributed by atoms with Crippen molar-refractivity contribution in [3.63, 3.8) is 0 Å². The van der Waals surface area contributed by atoms with Gasteiger partial charge in [0.1, 0.15) is 0 Å². The third kappa shape index (κ3) is 5.23. The molecule has 0 bridgehead atoms. The highest BCUT2D eigenvalue weighted by Gasteiger charge is 2.23. The maximum atomic E-state index is 12.3. The van der Waals surface area contributed by atoms with Gasteiger partial charge in [0.15, 0.2) is 0 Å². The number of rotatable bonds is 7. The van der Waals surface area contributed by atoms with Gasteiger partial charge in [0.2, 0.25) is 10.0 Å². The monoisotopic (exact) mass is 357 g/mol. The highest BCUT2D eigenvalue weighted by Crippen LogP contribution is 2.16. The van der Waals surface area contributed by atoms with Gasteiger partial charge in [-0.05, 0) is 18.1 Å². The van der Waals surface area contributed by atoms with Crippen LogP contribution in [0.25, 0.3) is 0 Å². The molecule has 0 saturated carbocycles. The van der Waals surface area contributed by atoms with E-state index in [1.165, 1.54) is 24.3 Å². The predicted octanol–water partition coefficient (Wildman–Crippen LogP) is 1.23. The number of hydrogen-bond acceptors (Lipinski definition) is 6. The molecule has 0 radical (unpaired) electrons. The predicted molar refractivity (Wildman–Crippen MR) is 89.3 cm³/mol. The fraction of sp³-hybridized carbons (Fsp3) is 0.600. The van der Waals surface area contributed by atoms with Crippen LogP contribution in [-0.2, 0) is 14.8 Å². The molecule has 1 aliphatic rings. The van der Waals surface area contributed by atoms with E-state index in [1.807, 2.05) is 0 Å². The Kier molecular flexibility index (Phi) is 6.27. The highest BCUT2D eigenvalue weighted by molar-refractivity contribution is 7.89. The molecule has 1 saturated heterocycles. The summed E-state index contributed by atoms with van der Waals surface area (Å²) in [4.78, 5) is 12.3. The molecule has 0 aromatic heterocycles. The van der Waals surface area contributed by atoms with Crippen molar-refractivity contribution in [2.24, 2.45) is 5.92 Å². The molecule has 0 aliphatic carbocycles. The van der Waals surface area contributed by atoms with E-state index in [2.05, 4.69) is 23.5 Å². The van der Waals surface area contributed by atoms with Crippen molar-refractivity contribution < 1.29 is 18.1 Å². The number of morpholine rings is 1. The first-order valence-corrected chi connectivity index (χ1v) is 9.34. The summed E-state index contributed by atoms with van der Waals surface area (Å²) in [6.07, 6.45) is -0.203. The fourth-order valence-corrected chi connectivity index (χ4v) is 3.69. The van der Waals surface area contributed by atoms with Crippen LogP contribution in [0.2, 0.25) is 0 Å². The van der Waals surface area contributed by atoms with Crippen molar-refractivity contribution >= 4 is 15.7 Å². The Labute approximate surface area is 142 Å². The standard InChI is InChI=1S/C15H23N3O5S/c1-12(2)10-17-7-8-23-14(11-17)9-16-24(21,22)15-5-3-13(4-6-15)18(19)20/h3-6,12,14,16H,7-11H2,1-2H3. The molecule has 0 amide bonds. The van der Waals surface area contributed by atoms with E-state index in [0.29, 0.717) is 19.1 Å². The van der Waals surface area contributed by atoms with Crippen LogP contribution in [0, 0.1) is 16.0 Å². The average molecular weight is 357 g/mol. The highest BCUT2D eigenvalue weighted by atomic mass is 32.2. The number of nitrogens with one attached hydrogen (secondary N) is 1. The van der Waals surface area contributed by atoms with Gasteiger partial charge in [0.05, 0.1) is 22.5 Å². The lowest BCUT2D eigenvalue weighted by Crippen LogP contribution is -2.48. The summed E-state index contributed by atoms with van der Waals surface area (Å²) in [6.45, 7) is 7.52. The molecule has 24 heavy (non-hydrogen) atoms. The Bertz CT molecular complexity index is 660. The van der Waals surface area contributed by atoms with Crippen molar-refractivity contribution in [2.75, 3.05) is 32.8 Å². The minimum Gasteiger partial charge on any atom is -0.374 e. The Balaban J connectivity index is 1.93. The number of non-ortho nitro benzene ring substituents is 1. The number of hydrogen-bond donors (Lipinski definition) is 1. The molecule has 9 heteroatoms. The summed E-state index contributed by atoms with van der Waals surface area (Å²) in [5, 5.41) is 10.6. The zero-order valence-electron chi connectivity index (χ0n) is 13.8. The molecular formula is C15H23N3O5S. The van der Waals surface area contributed by atoms with E-state index < -0.39 is 14.9 Å². The van der Waals surface area contributed by atoms with Crippen LogP contribution in [0.3, 0.4) is 0 Å². The van der Waals surface area contributed by atoms with Crippen molar-refractivity contribution in [1.29, 1.82) is 0 Å². The van der Waals surface area contributed by atoms with Crippen molar-refractivity contribution in [1.82, 2.24) is 9.62 Å². The minimum atomic E-state index is -3.71. The summed E-state index contributed by atoms with van der Waals surface area (Å²) in [5.41, 5.74) is -0.145. The maximum Gasteiger partial charge on any atom is 0.269 e. The van der Waals surface area contributed by atoms with Gasteiger partial charge in [-0.3, -0.25) is 15.0 Å². The summed E-state index contributed by atoms with van der Waals surface area (Å²) >= 11 is 0. The van der Waals surface area contributed by atoms with Crippen LogP contribution in [-0.4, -0.2) is 57.1 Å². The van der Waals surface area contributed by atoms with Gasteiger partial charge in [-0.25, -0.2) is 13.1 Å². The molecule has 1 fully saturated rings. The lowest BCUT2D eigenvalue weighted by molar-refractivity contribution is -0.384. The van der Waals surface area contributed by atoms with Crippen LogP contribution in [0.15, 0.2) is 29.2 Å². The van der Waals surface area contributed by atoms with Crippen LogP contribution in [0.5, 0.6) is 0 Å². The van der Waals surface area contributed by atoms with Gasteiger partial charge >= 0.3 is 0 Å². The normalized spacial score (nSPS) is 19.5. The van der Waals surface area contributed by atoms with Crippen LogP contribution in [0.1, 0.15) is 13.8 Å². The van der Waals surface area contributed by atoms with Gasteiger partial charge in [0.25, 0.3) is 5.69 Å². The third-order valence-corrected chi connectivity index (χ3v) is 5.14. The molecule has 134 valence electrons. The van der Waals surface area contributed by atoms with E-state index >= 15 is 0 Å². The average Bonchev–Trinajstić information content (AvgIpc) is 2.53. The maximum absolute atomic E-state index is 12.3. The van der Waals surface area contributed by atoms with Gasteiger partial charge in [-0.15, -0.1) is 0 Å². The topological polar surface area (TPSA) is 102 Å². The zero-order chi connectivity index (χ0) is 17.7. The largest absolute Gasteiger partial charge is 0.374 e.